The first kappa shape index (κ1) is 49.3. The molecule has 23 heteroatoms. The fraction of sp³-hybridized carbons (Fsp3) is 0.824. The van der Waals surface area contributed by atoms with Crippen molar-refractivity contribution in [1.82, 2.24) is 15.0 Å². The number of azide groups is 1. The van der Waals surface area contributed by atoms with Gasteiger partial charge >= 0.3 is 11.9 Å². The highest BCUT2D eigenvalue weighted by Crippen LogP contribution is 2.13. The largest absolute Gasteiger partial charge is 0.379 e. The van der Waals surface area contributed by atoms with E-state index in [4.69, 9.17) is 57.8 Å². The summed E-state index contributed by atoms with van der Waals surface area (Å²) >= 11 is 0. The Morgan fingerprint density at radius 2 is 0.754 bits per heavy atom. The van der Waals surface area contributed by atoms with E-state index in [1.54, 1.807) is 0 Å². The number of nitrogens with zero attached hydrogens (tertiary/aromatic N) is 6. The van der Waals surface area contributed by atoms with Gasteiger partial charge in [-0.2, -0.15) is 0 Å². The van der Waals surface area contributed by atoms with Crippen molar-refractivity contribution < 1.29 is 81.1 Å². The van der Waals surface area contributed by atoms with E-state index >= 15 is 0 Å². The van der Waals surface area contributed by atoms with Crippen molar-refractivity contribution in [2.24, 2.45) is 5.11 Å². The summed E-state index contributed by atoms with van der Waals surface area (Å²) in [6.07, 6.45) is -0.0823. The molecule has 4 amide bonds. The van der Waals surface area contributed by atoms with E-state index < -0.39 is 35.6 Å². The number of carbonyl (C=O) groups is 6. The molecule has 2 heterocycles. The molecule has 0 atom stereocenters. The minimum Gasteiger partial charge on any atom is -0.379 e. The molecule has 0 aromatic carbocycles. The Labute approximate surface area is 330 Å². The van der Waals surface area contributed by atoms with Crippen LogP contribution in [0.1, 0.15) is 38.5 Å². The lowest BCUT2D eigenvalue weighted by atomic mass is 10.4. The molecule has 2 rings (SSSR count). The molecule has 0 aromatic rings. The molecule has 0 unspecified atom stereocenters. The molecule has 0 N–H and O–H groups in total. The van der Waals surface area contributed by atoms with E-state index in [0.29, 0.717) is 109 Å². The van der Waals surface area contributed by atoms with Gasteiger partial charge in [-0.3, -0.25) is 24.1 Å². The first-order valence-corrected chi connectivity index (χ1v) is 18.9. The van der Waals surface area contributed by atoms with Crippen molar-refractivity contribution >= 4 is 35.6 Å². The number of rotatable bonds is 38. The molecule has 0 aromatic heterocycles. The number of amides is 4. The smallest absolute Gasteiger partial charge is 0.335 e. The average Bonchev–Trinajstić information content (AvgIpc) is 3.69. The van der Waals surface area contributed by atoms with Gasteiger partial charge in [0.1, 0.15) is 0 Å². The number of hydrogen-bond acceptors (Lipinski definition) is 19. The lowest BCUT2D eigenvalue weighted by Crippen LogP contribution is -2.34. The fourth-order valence-electron chi connectivity index (χ4n) is 4.61. The van der Waals surface area contributed by atoms with Crippen LogP contribution in [0.3, 0.4) is 0 Å². The van der Waals surface area contributed by atoms with Crippen LogP contribution in [0.25, 0.3) is 10.4 Å². The SMILES string of the molecule is [N-]=[N+]=NCCOCCOCCOCCN(CCOCCOCCOCCC(=O)ON1C(=O)CCC1=O)CCOCCOCCOCCC(=O)ON1C(=O)CCC1=O. The topological polar surface area (TPSA) is 262 Å². The van der Waals surface area contributed by atoms with Crippen LogP contribution in [-0.4, -0.2) is 196 Å². The van der Waals surface area contributed by atoms with Crippen LogP contribution in [0.15, 0.2) is 5.11 Å². The molecule has 2 aliphatic rings. The first-order valence-electron chi connectivity index (χ1n) is 18.9. The molecule has 0 radical (unpaired) electrons. The number of ether oxygens (including phenoxy) is 9. The number of carbonyl (C=O) groups excluding carboxylic acids is 6. The van der Waals surface area contributed by atoms with Crippen LogP contribution >= 0.6 is 0 Å². The van der Waals surface area contributed by atoms with Gasteiger partial charge in [0.05, 0.1) is 132 Å². The van der Waals surface area contributed by atoms with Crippen molar-refractivity contribution in [3.63, 3.8) is 0 Å². The van der Waals surface area contributed by atoms with E-state index in [9.17, 15) is 28.8 Å². The molecule has 23 nitrogen and oxygen atoms in total. The Morgan fingerprint density at radius 3 is 1.07 bits per heavy atom. The Balaban J connectivity index is 1.49. The fourth-order valence-corrected chi connectivity index (χ4v) is 4.61. The summed E-state index contributed by atoms with van der Waals surface area (Å²) in [6.45, 7) is 8.07. The molecule has 0 spiro atoms. The normalized spacial score (nSPS) is 14.3. The summed E-state index contributed by atoms with van der Waals surface area (Å²) in [5.74, 6) is -3.58. The van der Waals surface area contributed by atoms with Crippen molar-refractivity contribution in [2.45, 2.75) is 38.5 Å². The van der Waals surface area contributed by atoms with Gasteiger partial charge in [-0.05, 0) is 5.53 Å². The van der Waals surface area contributed by atoms with E-state index in [1.165, 1.54) is 0 Å². The Morgan fingerprint density at radius 1 is 0.474 bits per heavy atom. The van der Waals surface area contributed by atoms with Gasteiger partial charge in [0.25, 0.3) is 23.6 Å². The summed E-state index contributed by atoms with van der Waals surface area (Å²) in [5.41, 5.74) is 8.25. The Hall–Kier alpha value is -3.87. The van der Waals surface area contributed by atoms with Crippen LogP contribution < -0.4 is 0 Å². The van der Waals surface area contributed by atoms with Gasteiger partial charge in [0, 0.05) is 56.8 Å². The van der Waals surface area contributed by atoms with Gasteiger partial charge in [-0.25, -0.2) is 9.59 Å². The average molecular weight is 821 g/mol. The maximum Gasteiger partial charge on any atom is 0.335 e. The highest BCUT2D eigenvalue weighted by atomic mass is 16.7. The summed E-state index contributed by atoms with van der Waals surface area (Å²) in [4.78, 5) is 83.9. The molecule has 2 saturated heterocycles. The summed E-state index contributed by atoms with van der Waals surface area (Å²) in [6, 6.07) is 0. The molecule has 0 bridgehead atoms. The second-order valence-corrected chi connectivity index (χ2v) is 11.9. The molecule has 324 valence electrons. The zero-order valence-electron chi connectivity index (χ0n) is 32.4. The maximum absolute atomic E-state index is 11.8. The van der Waals surface area contributed by atoms with Crippen molar-refractivity contribution in [3.8, 4) is 0 Å². The van der Waals surface area contributed by atoms with Gasteiger partial charge < -0.3 is 52.3 Å². The quantitative estimate of drug-likeness (QED) is 0.0255. The Kier molecular flexibility index (Phi) is 28.6. The second kappa shape index (κ2) is 33.1. The molecular weight excluding hydrogens is 764 g/mol. The minimum absolute atomic E-state index is 0.0342. The molecule has 2 aliphatic heterocycles. The van der Waals surface area contributed by atoms with Gasteiger partial charge in [0.2, 0.25) is 0 Å². The van der Waals surface area contributed by atoms with Crippen molar-refractivity contribution in [3.05, 3.63) is 10.4 Å². The van der Waals surface area contributed by atoms with E-state index in [0.717, 1.165) is 0 Å². The van der Waals surface area contributed by atoms with E-state index in [-0.39, 0.29) is 84.7 Å². The number of hydroxylamine groups is 4. The molecule has 0 aliphatic carbocycles. The zero-order chi connectivity index (χ0) is 41.2. The third kappa shape index (κ3) is 25.2. The monoisotopic (exact) mass is 820 g/mol. The number of hydrogen-bond donors (Lipinski definition) is 0. The maximum atomic E-state index is 11.8. The van der Waals surface area contributed by atoms with E-state index in [2.05, 4.69) is 14.9 Å². The highest BCUT2D eigenvalue weighted by Gasteiger charge is 2.33. The molecule has 2 fully saturated rings. The predicted octanol–water partition coefficient (Wildman–Crippen LogP) is -0.257. The molecule has 57 heavy (non-hydrogen) atoms. The van der Waals surface area contributed by atoms with Crippen LogP contribution in [0, 0.1) is 0 Å². The summed E-state index contributed by atoms with van der Waals surface area (Å²) in [5, 5.41) is 4.40. The third-order valence-corrected chi connectivity index (χ3v) is 7.59. The van der Waals surface area contributed by atoms with Crippen molar-refractivity contribution in [2.75, 3.05) is 145 Å². The van der Waals surface area contributed by atoms with Gasteiger partial charge in [-0.15, -0.1) is 10.1 Å². The summed E-state index contributed by atoms with van der Waals surface area (Å²) in [7, 11) is 0. The van der Waals surface area contributed by atoms with Gasteiger partial charge in [-0.1, -0.05) is 5.11 Å². The Bertz CT molecular complexity index is 1140. The van der Waals surface area contributed by atoms with E-state index in [1.807, 2.05) is 0 Å². The third-order valence-electron chi connectivity index (χ3n) is 7.59. The van der Waals surface area contributed by atoms with Crippen molar-refractivity contribution in [1.29, 1.82) is 0 Å². The van der Waals surface area contributed by atoms with Crippen LogP contribution in [0.5, 0.6) is 0 Å². The lowest BCUT2D eigenvalue weighted by Gasteiger charge is -2.22. The zero-order valence-corrected chi connectivity index (χ0v) is 32.4. The van der Waals surface area contributed by atoms with Crippen LogP contribution in [0.2, 0.25) is 0 Å². The van der Waals surface area contributed by atoms with Gasteiger partial charge in [0.15, 0.2) is 0 Å². The predicted molar refractivity (Wildman–Crippen MR) is 191 cm³/mol. The second-order valence-electron chi connectivity index (χ2n) is 11.9. The highest BCUT2D eigenvalue weighted by molar-refractivity contribution is 6.02. The van der Waals surface area contributed by atoms with Crippen LogP contribution in [-0.2, 0) is 81.1 Å². The molecular formula is C34H56N6O17. The lowest BCUT2D eigenvalue weighted by molar-refractivity contribution is -0.198. The molecule has 0 saturated carbocycles. The summed E-state index contributed by atoms with van der Waals surface area (Å²) < 4.78 is 49.6. The standard InChI is InChI=1S/C34H56N6O17/c35-37-36-7-13-49-19-25-55-28-22-52-16-10-38(8-14-50-20-26-53-23-17-47-11-5-33(45)56-39-29(41)1-2-30(39)42)9-15-51-21-27-54-24-18-48-12-6-34(46)57-40-31(43)3-4-32(40)44/h1-28H2. The van der Waals surface area contributed by atoms with Crippen LogP contribution in [0.4, 0.5) is 0 Å². The minimum atomic E-state index is -0.726. The first-order chi connectivity index (χ1) is 27.8. The number of imide groups is 2.